The predicted molar refractivity (Wildman–Crippen MR) is 130 cm³/mol. The lowest BCUT2D eigenvalue weighted by Crippen LogP contribution is -2.65. The van der Waals surface area contributed by atoms with Gasteiger partial charge in [-0.2, -0.15) is 0 Å². The summed E-state index contributed by atoms with van der Waals surface area (Å²) < 4.78 is 26.8. The van der Waals surface area contributed by atoms with Crippen LogP contribution < -0.4 is 9.64 Å². The summed E-state index contributed by atoms with van der Waals surface area (Å²) >= 11 is 6.06. The van der Waals surface area contributed by atoms with E-state index in [9.17, 15) is 4.79 Å². The quantitative estimate of drug-likeness (QED) is 0.563. The van der Waals surface area contributed by atoms with Crippen LogP contribution in [0.15, 0.2) is 30.3 Å². The van der Waals surface area contributed by atoms with Crippen molar-refractivity contribution in [1.29, 1.82) is 0 Å². The van der Waals surface area contributed by atoms with Gasteiger partial charge in [0.25, 0.3) is 0 Å². The summed E-state index contributed by atoms with van der Waals surface area (Å²) in [5, 5.41) is 9.31. The van der Waals surface area contributed by atoms with E-state index in [1.165, 1.54) is 0 Å². The van der Waals surface area contributed by atoms with Crippen LogP contribution in [0.4, 0.5) is 15.0 Å². The molecule has 2 aliphatic heterocycles. The first-order chi connectivity index (χ1) is 16.1. The number of rotatable bonds is 4. The minimum atomic E-state index is -1.22. The second kappa shape index (κ2) is 9.56. The Bertz CT molecular complexity index is 1030. The molecule has 184 valence electrons. The van der Waals surface area contributed by atoms with Gasteiger partial charge in [0.05, 0.1) is 24.9 Å². The third kappa shape index (κ3) is 4.92. The maximum absolute atomic E-state index is 15.8. The van der Waals surface area contributed by atoms with E-state index in [-0.39, 0.29) is 6.04 Å². The number of aromatic nitrogens is 2. The lowest BCUT2D eigenvalue weighted by Gasteiger charge is -2.52. The van der Waals surface area contributed by atoms with Gasteiger partial charge in [0.15, 0.2) is 5.82 Å². The largest absolute Gasteiger partial charge is 0.496 e. The lowest BCUT2D eigenvalue weighted by atomic mass is 9.80. The first-order valence-corrected chi connectivity index (χ1v) is 12.0. The Morgan fingerprint density at radius 1 is 1.21 bits per heavy atom. The molecule has 0 saturated carbocycles. The molecule has 4 atom stereocenters. The van der Waals surface area contributed by atoms with Crippen LogP contribution in [0.1, 0.15) is 46.5 Å². The van der Waals surface area contributed by atoms with Crippen molar-refractivity contribution in [2.45, 2.75) is 76.4 Å². The molecule has 3 heterocycles. The van der Waals surface area contributed by atoms with Gasteiger partial charge in [-0.25, -0.2) is 9.18 Å². The minimum Gasteiger partial charge on any atom is -0.496 e. The van der Waals surface area contributed by atoms with Crippen molar-refractivity contribution in [3.05, 3.63) is 35.4 Å². The van der Waals surface area contributed by atoms with Gasteiger partial charge >= 0.3 is 6.09 Å². The summed E-state index contributed by atoms with van der Waals surface area (Å²) in [5.74, 6) is 1.18. The Labute approximate surface area is 205 Å². The third-order valence-corrected chi connectivity index (χ3v) is 6.82. The summed E-state index contributed by atoms with van der Waals surface area (Å²) in [6, 6.07) is 8.04. The molecule has 4 rings (SSSR count). The Hall–Kier alpha value is -2.61. The number of methoxy groups -OCH3 is 1. The first kappa shape index (κ1) is 24.5. The highest BCUT2D eigenvalue weighted by Crippen LogP contribution is 2.39. The molecule has 2 fully saturated rings. The van der Waals surface area contributed by atoms with Crippen molar-refractivity contribution in [3.63, 3.8) is 0 Å². The number of amides is 1. The van der Waals surface area contributed by atoms with E-state index < -0.39 is 29.9 Å². The first-order valence-electron chi connectivity index (χ1n) is 11.6. The number of benzene rings is 1. The summed E-state index contributed by atoms with van der Waals surface area (Å²) in [6.07, 6.45) is 1.25. The summed E-state index contributed by atoms with van der Waals surface area (Å²) in [6.45, 7) is 5.49. The van der Waals surface area contributed by atoms with E-state index in [2.05, 4.69) is 10.2 Å². The molecule has 0 spiro atoms. The third-order valence-electron chi connectivity index (χ3n) is 6.59. The average molecular weight is 491 g/mol. The highest BCUT2D eigenvalue weighted by atomic mass is 35.5. The van der Waals surface area contributed by atoms with Crippen LogP contribution in [0.5, 0.6) is 5.75 Å². The number of fused-ring (bicyclic) bond motifs is 2. The van der Waals surface area contributed by atoms with Crippen LogP contribution in [0.25, 0.3) is 11.3 Å². The Morgan fingerprint density at radius 3 is 2.62 bits per heavy atom. The number of anilines is 1. The number of ether oxygens (including phenoxy) is 2. The van der Waals surface area contributed by atoms with Crippen molar-refractivity contribution in [3.8, 4) is 17.0 Å². The van der Waals surface area contributed by atoms with Crippen LogP contribution in [0.3, 0.4) is 0 Å². The molecule has 1 amide bonds. The average Bonchev–Trinajstić information content (AvgIpc) is 2.79. The molecule has 0 N–H and O–H groups in total. The fraction of sp³-hybridized carbons (Fsp3) is 0.560. The molecule has 0 aliphatic carbocycles. The highest BCUT2D eigenvalue weighted by Gasteiger charge is 2.50. The molecular formula is C25H32ClFN4O3. The molecule has 2 bridgehead atoms. The highest BCUT2D eigenvalue weighted by molar-refractivity contribution is 6.30. The van der Waals surface area contributed by atoms with Gasteiger partial charge in [0.2, 0.25) is 0 Å². The molecule has 34 heavy (non-hydrogen) atoms. The molecule has 0 radical (unpaired) electrons. The van der Waals surface area contributed by atoms with Crippen LogP contribution in [-0.4, -0.2) is 65.2 Å². The van der Waals surface area contributed by atoms with Crippen LogP contribution >= 0.6 is 11.6 Å². The zero-order valence-electron chi connectivity index (χ0n) is 20.3. The molecule has 1 aromatic heterocycles. The van der Waals surface area contributed by atoms with Gasteiger partial charge in [-0.1, -0.05) is 11.6 Å². The molecule has 1 aromatic carbocycles. The maximum atomic E-state index is 15.8. The number of halogens is 2. The van der Waals surface area contributed by atoms with Crippen molar-refractivity contribution in [2.75, 3.05) is 19.1 Å². The van der Waals surface area contributed by atoms with Crippen molar-refractivity contribution in [2.24, 2.45) is 0 Å². The number of piperidine rings is 2. The van der Waals surface area contributed by atoms with Crippen molar-refractivity contribution < 1.29 is 18.7 Å². The fourth-order valence-electron chi connectivity index (χ4n) is 5.00. The zero-order chi connectivity index (χ0) is 24.6. The number of alkyl halides is 1. The topological polar surface area (TPSA) is 67.8 Å². The smallest absolute Gasteiger partial charge is 0.410 e. The molecule has 0 unspecified atom stereocenters. The summed E-state index contributed by atoms with van der Waals surface area (Å²) in [5.41, 5.74) is 0.797. The monoisotopic (exact) mass is 490 g/mol. The maximum Gasteiger partial charge on any atom is 0.410 e. The zero-order valence-corrected chi connectivity index (χ0v) is 21.1. The van der Waals surface area contributed by atoms with E-state index in [1.807, 2.05) is 50.9 Å². The molecular weight excluding hydrogens is 459 g/mol. The van der Waals surface area contributed by atoms with Gasteiger partial charge in [0.1, 0.15) is 17.5 Å². The van der Waals surface area contributed by atoms with Crippen LogP contribution in [0.2, 0.25) is 5.02 Å². The molecule has 2 aromatic rings. The van der Waals surface area contributed by atoms with Gasteiger partial charge < -0.3 is 14.4 Å². The second-order valence-corrected chi connectivity index (χ2v) is 10.5. The van der Waals surface area contributed by atoms with E-state index in [0.29, 0.717) is 35.1 Å². The van der Waals surface area contributed by atoms with Gasteiger partial charge in [-0.05, 0) is 76.8 Å². The van der Waals surface area contributed by atoms with Gasteiger partial charge in [0, 0.05) is 23.7 Å². The van der Waals surface area contributed by atoms with E-state index in [0.717, 1.165) is 18.4 Å². The van der Waals surface area contributed by atoms with E-state index in [4.69, 9.17) is 21.1 Å². The lowest BCUT2D eigenvalue weighted by molar-refractivity contribution is -0.0467. The van der Waals surface area contributed by atoms with Crippen molar-refractivity contribution >= 4 is 23.5 Å². The molecule has 2 aliphatic rings. The Balaban J connectivity index is 1.53. The Kier molecular flexibility index (Phi) is 6.90. The molecule has 9 heteroatoms. The van der Waals surface area contributed by atoms with E-state index >= 15 is 4.39 Å². The van der Waals surface area contributed by atoms with Gasteiger partial charge in [-0.15, -0.1) is 10.2 Å². The number of hydrogen-bond donors (Lipinski definition) is 0. The number of nitrogens with zero attached hydrogens (tertiary/aromatic N) is 4. The number of hydrogen-bond acceptors (Lipinski definition) is 6. The summed E-state index contributed by atoms with van der Waals surface area (Å²) in [7, 11) is 3.41. The van der Waals surface area contributed by atoms with Gasteiger partial charge in [-0.3, -0.25) is 4.90 Å². The number of carbonyl (C=O) groups is 1. The number of carbonyl (C=O) groups excluding carboxylic acids is 1. The van der Waals surface area contributed by atoms with Crippen LogP contribution in [0, 0.1) is 0 Å². The van der Waals surface area contributed by atoms with E-state index in [1.54, 1.807) is 24.1 Å². The Morgan fingerprint density at radius 2 is 1.97 bits per heavy atom. The standard InChI is InChI=1S/C25H32ClFN4O3/c1-25(2,3)34-24(32)31-16-7-6-8-19(31)23(27)20(14-16)30(4)22-12-11-18(28-29-22)17-10-9-15(26)13-21(17)33-5/h9-13,16,19-20,23H,6-8,14H2,1-5H3/t16-,19+,20-,23+/m0/s1. The SMILES string of the molecule is COc1cc(Cl)ccc1-c1ccc(N(C)[C@H]2C[C@@H]3CCC[C@H]([C@H]2F)N3C(=O)OC(C)(C)C)nn1. The minimum absolute atomic E-state index is 0.0568. The second-order valence-electron chi connectivity index (χ2n) is 10.0. The van der Waals surface area contributed by atoms with Crippen LogP contribution in [-0.2, 0) is 4.74 Å². The fourth-order valence-corrected chi connectivity index (χ4v) is 5.16. The summed E-state index contributed by atoms with van der Waals surface area (Å²) in [4.78, 5) is 16.3. The normalized spacial score (nSPS) is 24.5. The molecule has 2 saturated heterocycles. The van der Waals surface area contributed by atoms with Crippen molar-refractivity contribution in [1.82, 2.24) is 15.1 Å². The molecule has 7 nitrogen and oxygen atoms in total. The predicted octanol–water partition coefficient (Wildman–Crippen LogP) is 5.51.